The summed E-state index contributed by atoms with van der Waals surface area (Å²) in [5.74, 6) is -0.358. The lowest BCUT2D eigenvalue weighted by molar-refractivity contribution is -0.122. The van der Waals surface area contributed by atoms with Gasteiger partial charge in [0.25, 0.3) is 0 Å². The maximum atomic E-state index is 12.3. The summed E-state index contributed by atoms with van der Waals surface area (Å²) in [7, 11) is 0. The fraction of sp³-hybridized carbons (Fsp3) is 0.125. The van der Waals surface area contributed by atoms with E-state index in [9.17, 15) is 9.59 Å². The highest BCUT2D eigenvalue weighted by atomic mass is 35.5. The van der Waals surface area contributed by atoms with Crippen molar-refractivity contribution in [2.24, 2.45) is 0 Å². The van der Waals surface area contributed by atoms with Gasteiger partial charge in [0.05, 0.1) is 10.7 Å². The van der Waals surface area contributed by atoms with Crippen LogP contribution < -0.4 is 11.0 Å². The zero-order valence-corrected chi connectivity index (χ0v) is 14.4. The molecule has 25 heavy (non-hydrogen) atoms. The van der Waals surface area contributed by atoms with E-state index < -0.39 is 5.69 Å². The van der Waals surface area contributed by atoms with Crippen LogP contribution in [0.5, 0.6) is 0 Å². The summed E-state index contributed by atoms with van der Waals surface area (Å²) in [6, 6.07) is 13.8. The number of para-hydroxylation sites is 1. The quantitative estimate of drug-likeness (QED) is 0.737. The normalized spacial score (nSPS) is 10.6. The second kappa shape index (κ2) is 7.50. The maximum absolute atomic E-state index is 12.3. The lowest BCUT2D eigenvalue weighted by Gasteiger charge is -2.05. The molecule has 1 N–H and O–H groups in total. The van der Waals surface area contributed by atoms with E-state index in [1.165, 1.54) is 0 Å². The standard InChI is InChI=1S/C16H13Cl2N5O2/c17-12-7-5-11(6-8-12)9-19-15(24)10-22-16(25)23(21-20-22)14-4-2-1-3-13(14)18/h1-8H,9-10H2,(H,19,24). The van der Waals surface area contributed by atoms with Gasteiger partial charge in [0.15, 0.2) is 0 Å². The van der Waals surface area contributed by atoms with E-state index in [0.29, 0.717) is 22.3 Å². The summed E-state index contributed by atoms with van der Waals surface area (Å²) in [6.07, 6.45) is 0. The lowest BCUT2D eigenvalue weighted by atomic mass is 10.2. The van der Waals surface area contributed by atoms with Gasteiger partial charge in [0.2, 0.25) is 5.91 Å². The second-order valence-electron chi connectivity index (χ2n) is 5.19. The van der Waals surface area contributed by atoms with Gasteiger partial charge in [-0.05, 0) is 40.3 Å². The van der Waals surface area contributed by atoms with Gasteiger partial charge in [0, 0.05) is 11.6 Å². The molecule has 0 saturated heterocycles. The highest BCUT2D eigenvalue weighted by Crippen LogP contribution is 2.16. The minimum absolute atomic E-state index is 0.239. The van der Waals surface area contributed by atoms with E-state index >= 15 is 0 Å². The largest absolute Gasteiger partial charge is 0.369 e. The Hall–Kier alpha value is -2.64. The van der Waals surface area contributed by atoms with Crippen LogP contribution in [0.15, 0.2) is 53.3 Å². The Bertz CT molecular complexity index is 950. The molecule has 0 unspecified atom stereocenters. The van der Waals surface area contributed by atoms with Gasteiger partial charge < -0.3 is 5.32 Å². The molecule has 1 aromatic heterocycles. The fourth-order valence-corrected chi connectivity index (χ4v) is 2.48. The monoisotopic (exact) mass is 377 g/mol. The van der Waals surface area contributed by atoms with Crippen molar-refractivity contribution in [1.82, 2.24) is 25.1 Å². The summed E-state index contributed by atoms with van der Waals surface area (Å²) in [4.78, 5) is 24.3. The molecule has 2 aromatic carbocycles. The Morgan fingerprint density at radius 1 is 1.04 bits per heavy atom. The molecule has 7 nitrogen and oxygen atoms in total. The van der Waals surface area contributed by atoms with E-state index in [4.69, 9.17) is 23.2 Å². The Balaban J connectivity index is 1.67. The van der Waals surface area contributed by atoms with Crippen molar-refractivity contribution in [3.63, 3.8) is 0 Å². The summed E-state index contributed by atoms with van der Waals surface area (Å²) in [6.45, 7) is 0.0836. The van der Waals surface area contributed by atoms with Crippen LogP contribution in [0, 0.1) is 0 Å². The van der Waals surface area contributed by atoms with Gasteiger partial charge >= 0.3 is 5.69 Å². The minimum atomic E-state index is -0.547. The number of hydrogen-bond donors (Lipinski definition) is 1. The zero-order chi connectivity index (χ0) is 17.8. The molecule has 1 heterocycles. The van der Waals surface area contributed by atoms with Crippen LogP contribution in [0.3, 0.4) is 0 Å². The van der Waals surface area contributed by atoms with E-state index in [0.717, 1.165) is 14.9 Å². The number of carbonyl (C=O) groups is 1. The SMILES string of the molecule is O=C(Cn1nnn(-c2ccccc2Cl)c1=O)NCc1ccc(Cl)cc1. The first-order valence-electron chi connectivity index (χ1n) is 7.33. The van der Waals surface area contributed by atoms with Crippen LogP contribution in [0.1, 0.15) is 5.56 Å². The Morgan fingerprint density at radius 3 is 2.48 bits per heavy atom. The van der Waals surface area contributed by atoms with Crippen molar-refractivity contribution in [1.29, 1.82) is 0 Å². The molecular weight excluding hydrogens is 365 g/mol. The third kappa shape index (κ3) is 4.07. The molecule has 0 saturated carbocycles. The van der Waals surface area contributed by atoms with Crippen molar-refractivity contribution in [3.05, 3.63) is 74.6 Å². The lowest BCUT2D eigenvalue weighted by Crippen LogP contribution is -2.33. The van der Waals surface area contributed by atoms with Crippen LogP contribution in [0.4, 0.5) is 0 Å². The third-order valence-electron chi connectivity index (χ3n) is 3.42. The minimum Gasteiger partial charge on any atom is -0.350 e. The number of benzene rings is 2. The van der Waals surface area contributed by atoms with Crippen LogP contribution >= 0.6 is 23.2 Å². The molecule has 128 valence electrons. The second-order valence-corrected chi connectivity index (χ2v) is 6.03. The number of hydrogen-bond acceptors (Lipinski definition) is 4. The third-order valence-corrected chi connectivity index (χ3v) is 3.99. The average Bonchev–Trinajstić information content (AvgIpc) is 2.95. The smallest absolute Gasteiger partial charge is 0.350 e. The molecular formula is C16H13Cl2N5O2. The van der Waals surface area contributed by atoms with E-state index in [2.05, 4.69) is 15.7 Å². The van der Waals surface area contributed by atoms with Crippen LogP contribution in [-0.2, 0) is 17.9 Å². The van der Waals surface area contributed by atoms with Crippen LogP contribution in [0.2, 0.25) is 10.0 Å². The highest BCUT2D eigenvalue weighted by molar-refractivity contribution is 6.32. The zero-order valence-electron chi connectivity index (χ0n) is 12.9. The van der Waals surface area contributed by atoms with E-state index in [1.54, 1.807) is 36.4 Å². The number of carbonyl (C=O) groups excluding carboxylic acids is 1. The average molecular weight is 378 g/mol. The predicted molar refractivity (Wildman–Crippen MR) is 93.9 cm³/mol. The van der Waals surface area contributed by atoms with Gasteiger partial charge in [-0.2, -0.15) is 9.36 Å². The molecule has 0 aliphatic carbocycles. The summed E-state index contributed by atoms with van der Waals surface area (Å²) < 4.78 is 2.02. The number of rotatable bonds is 5. The number of tetrazole rings is 1. The molecule has 1 amide bonds. The molecule has 0 radical (unpaired) electrons. The molecule has 3 aromatic rings. The van der Waals surface area contributed by atoms with Crippen molar-refractivity contribution < 1.29 is 4.79 Å². The van der Waals surface area contributed by atoms with Gasteiger partial charge in [-0.1, -0.05) is 47.5 Å². The summed E-state index contributed by atoms with van der Waals surface area (Å²) in [5, 5.41) is 11.2. The number of aromatic nitrogens is 4. The predicted octanol–water partition coefficient (Wildman–Crippen LogP) is 2.05. The summed E-state index contributed by atoms with van der Waals surface area (Å²) in [5.41, 5.74) is 0.751. The molecule has 0 atom stereocenters. The maximum Gasteiger partial charge on any atom is 0.369 e. The van der Waals surface area contributed by atoms with Crippen LogP contribution in [0.25, 0.3) is 5.69 Å². The Labute approximate surface area is 152 Å². The van der Waals surface area contributed by atoms with Gasteiger partial charge in [-0.15, -0.1) is 0 Å². The number of nitrogens with one attached hydrogen (secondary N) is 1. The van der Waals surface area contributed by atoms with Crippen molar-refractivity contribution in [2.45, 2.75) is 13.1 Å². The molecule has 0 aliphatic rings. The molecule has 0 aliphatic heterocycles. The van der Waals surface area contributed by atoms with Crippen molar-refractivity contribution >= 4 is 29.1 Å². The Morgan fingerprint density at radius 2 is 1.76 bits per heavy atom. The van der Waals surface area contributed by atoms with E-state index in [-0.39, 0.29) is 12.5 Å². The Kier molecular flexibility index (Phi) is 5.16. The topological polar surface area (TPSA) is 81.8 Å². The molecule has 9 heteroatoms. The number of halogens is 2. The number of amides is 1. The first-order valence-corrected chi connectivity index (χ1v) is 8.09. The van der Waals surface area contributed by atoms with Crippen molar-refractivity contribution in [2.75, 3.05) is 0 Å². The van der Waals surface area contributed by atoms with Gasteiger partial charge in [-0.25, -0.2) is 4.79 Å². The fourth-order valence-electron chi connectivity index (χ4n) is 2.14. The van der Waals surface area contributed by atoms with Crippen molar-refractivity contribution in [3.8, 4) is 5.69 Å². The van der Waals surface area contributed by atoms with Crippen LogP contribution in [-0.4, -0.2) is 25.7 Å². The van der Waals surface area contributed by atoms with Gasteiger partial charge in [0.1, 0.15) is 6.54 Å². The highest BCUT2D eigenvalue weighted by Gasteiger charge is 2.13. The molecule has 0 spiro atoms. The first kappa shape index (κ1) is 17.2. The van der Waals surface area contributed by atoms with Gasteiger partial charge in [-0.3, -0.25) is 4.79 Å². The summed E-state index contributed by atoms with van der Waals surface area (Å²) >= 11 is 11.9. The van der Waals surface area contributed by atoms with E-state index in [1.807, 2.05) is 12.1 Å². The molecule has 3 rings (SSSR count). The first-order chi connectivity index (χ1) is 12.0. The number of nitrogens with zero attached hydrogens (tertiary/aromatic N) is 4. The molecule has 0 fully saturated rings. The molecule has 0 bridgehead atoms.